The molecule has 0 aromatic heterocycles. The second kappa shape index (κ2) is 7.08. The summed E-state index contributed by atoms with van der Waals surface area (Å²) in [5.74, 6) is 2.52. The summed E-state index contributed by atoms with van der Waals surface area (Å²) >= 11 is 0. The van der Waals surface area contributed by atoms with Gasteiger partial charge in [0.25, 0.3) is 0 Å². The smallest absolute Gasteiger partial charge is 0.0790 e. The third-order valence-corrected chi connectivity index (χ3v) is 6.00. The zero-order valence-corrected chi connectivity index (χ0v) is 14.2. The molecule has 1 saturated heterocycles. The van der Waals surface area contributed by atoms with Gasteiger partial charge in [-0.15, -0.1) is 0 Å². The SMILES string of the molecule is OC(CCCN1C[C@@H]2C[C@@H](c3ccccc3)[C@@H]2C1)c1ccccc1. The van der Waals surface area contributed by atoms with Gasteiger partial charge in [0.15, 0.2) is 0 Å². The minimum absolute atomic E-state index is 0.317. The predicted octanol–water partition coefficient (Wildman–Crippen LogP) is 4.24. The molecule has 0 amide bonds. The normalized spacial score (nSPS) is 27.5. The van der Waals surface area contributed by atoms with Crippen LogP contribution in [0.3, 0.4) is 0 Å². The number of fused-ring (bicyclic) bond motifs is 1. The van der Waals surface area contributed by atoms with E-state index < -0.39 is 0 Å². The molecule has 2 heteroatoms. The molecule has 4 atom stereocenters. The second-order valence-electron chi connectivity index (χ2n) is 7.51. The van der Waals surface area contributed by atoms with Crippen LogP contribution in [0.5, 0.6) is 0 Å². The number of aliphatic hydroxyl groups excluding tert-OH is 1. The summed E-state index contributed by atoms with van der Waals surface area (Å²) in [5, 5.41) is 10.3. The summed E-state index contributed by atoms with van der Waals surface area (Å²) in [5.41, 5.74) is 2.57. The fraction of sp³-hybridized carbons (Fsp3) is 0.455. The highest BCUT2D eigenvalue weighted by atomic mass is 16.3. The number of nitrogens with zero attached hydrogens (tertiary/aromatic N) is 1. The first kappa shape index (κ1) is 15.9. The molecule has 1 saturated carbocycles. The molecule has 126 valence electrons. The topological polar surface area (TPSA) is 23.5 Å². The highest BCUT2D eigenvalue weighted by Crippen LogP contribution is 2.51. The van der Waals surface area contributed by atoms with Crippen molar-refractivity contribution >= 4 is 0 Å². The van der Waals surface area contributed by atoms with Crippen LogP contribution in [0.1, 0.15) is 42.4 Å². The van der Waals surface area contributed by atoms with Gasteiger partial charge in [0.2, 0.25) is 0 Å². The summed E-state index contributed by atoms with van der Waals surface area (Å²) in [7, 11) is 0. The van der Waals surface area contributed by atoms with Crippen molar-refractivity contribution < 1.29 is 5.11 Å². The van der Waals surface area contributed by atoms with Gasteiger partial charge in [-0.05, 0) is 54.7 Å². The Balaban J connectivity index is 1.24. The van der Waals surface area contributed by atoms with Gasteiger partial charge >= 0.3 is 0 Å². The molecule has 0 bridgehead atoms. The van der Waals surface area contributed by atoms with Crippen LogP contribution in [0.25, 0.3) is 0 Å². The second-order valence-corrected chi connectivity index (χ2v) is 7.51. The summed E-state index contributed by atoms with van der Waals surface area (Å²) in [6.45, 7) is 3.62. The Kier molecular flexibility index (Phi) is 4.68. The van der Waals surface area contributed by atoms with Gasteiger partial charge < -0.3 is 10.0 Å². The number of benzene rings is 2. The van der Waals surface area contributed by atoms with Crippen LogP contribution in [-0.2, 0) is 0 Å². The molecule has 2 aromatic rings. The molecule has 0 spiro atoms. The van der Waals surface area contributed by atoms with E-state index in [-0.39, 0.29) is 6.10 Å². The van der Waals surface area contributed by atoms with E-state index in [0.29, 0.717) is 0 Å². The lowest BCUT2D eigenvalue weighted by molar-refractivity contribution is 0.158. The molecule has 1 aliphatic heterocycles. The minimum Gasteiger partial charge on any atom is -0.388 e. The first-order valence-corrected chi connectivity index (χ1v) is 9.31. The van der Waals surface area contributed by atoms with Crippen LogP contribution in [0, 0.1) is 11.8 Å². The molecule has 24 heavy (non-hydrogen) atoms. The lowest BCUT2D eigenvalue weighted by atomic mass is 9.64. The fourth-order valence-electron chi connectivity index (χ4n) is 4.62. The third-order valence-electron chi connectivity index (χ3n) is 6.00. The van der Waals surface area contributed by atoms with E-state index in [4.69, 9.17) is 0 Å². The van der Waals surface area contributed by atoms with Crippen LogP contribution in [0.4, 0.5) is 0 Å². The average molecular weight is 321 g/mol. The van der Waals surface area contributed by atoms with Crippen molar-refractivity contribution in [1.82, 2.24) is 4.90 Å². The molecule has 0 radical (unpaired) electrons. The molecule has 4 rings (SSSR count). The maximum Gasteiger partial charge on any atom is 0.0790 e. The van der Waals surface area contributed by atoms with E-state index in [0.717, 1.165) is 42.7 Å². The van der Waals surface area contributed by atoms with Crippen molar-refractivity contribution in [2.24, 2.45) is 11.8 Å². The van der Waals surface area contributed by atoms with Crippen molar-refractivity contribution in [2.45, 2.75) is 31.3 Å². The van der Waals surface area contributed by atoms with Crippen LogP contribution < -0.4 is 0 Å². The molecule has 2 nitrogen and oxygen atoms in total. The quantitative estimate of drug-likeness (QED) is 0.860. The lowest BCUT2D eigenvalue weighted by Gasteiger charge is -2.40. The monoisotopic (exact) mass is 321 g/mol. The predicted molar refractivity (Wildman–Crippen MR) is 97.9 cm³/mol. The van der Waals surface area contributed by atoms with Crippen molar-refractivity contribution in [1.29, 1.82) is 0 Å². The zero-order valence-electron chi connectivity index (χ0n) is 14.2. The van der Waals surface area contributed by atoms with Crippen LogP contribution in [-0.4, -0.2) is 29.6 Å². The molecule has 2 aromatic carbocycles. The fourth-order valence-corrected chi connectivity index (χ4v) is 4.62. The molecule has 2 aliphatic rings. The number of hydrogen-bond donors (Lipinski definition) is 1. The Morgan fingerprint density at radius 1 is 0.958 bits per heavy atom. The first-order chi connectivity index (χ1) is 11.8. The summed E-state index contributed by atoms with van der Waals surface area (Å²) in [6.07, 6.45) is 2.98. The van der Waals surface area contributed by atoms with Gasteiger partial charge in [-0.2, -0.15) is 0 Å². The number of hydrogen-bond acceptors (Lipinski definition) is 2. The lowest BCUT2D eigenvalue weighted by Crippen LogP contribution is -2.33. The van der Waals surface area contributed by atoms with E-state index in [1.54, 1.807) is 0 Å². The van der Waals surface area contributed by atoms with E-state index in [1.807, 2.05) is 30.3 Å². The minimum atomic E-state index is -0.317. The summed E-state index contributed by atoms with van der Waals surface area (Å²) in [6, 6.07) is 21.1. The Morgan fingerprint density at radius 2 is 1.67 bits per heavy atom. The number of rotatable bonds is 6. The van der Waals surface area contributed by atoms with E-state index in [1.165, 1.54) is 25.1 Å². The molecule has 1 N–H and O–H groups in total. The van der Waals surface area contributed by atoms with Crippen LogP contribution >= 0.6 is 0 Å². The maximum atomic E-state index is 10.3. The number of likely N-dealkylation sites (tertiary alicyclic amines) is 1. The largest absolute Gasteiger partial charge is 0.388 e. The molecular weight excluding hydrogens is 294 g/mol. The maximum absolute atomic E-state index is 10.3. The van der Waals surface area contributed by atoms with Gasteiger partial charge in [0.1, 0.15) is 0 Å². The Bertz CT molecular complexity index is 642. The Hall–Kier alpha value is -1.64. The first-order valence-electron chi connectivity index (χ1n) is 9.31. The van der Waals surface area contributed by atoms with Crippen LogP contribution in [0.2, 0.25) is 0 Å². The van der Waals surface area contributed by atoms with Gasteiger partial charge in [0.05, 0.1) is 6.10 Å². The van der Waals surface area contributed by atoms with Crippen molar-refractivity contribution in [2.75, 3.05) is 19.6 Å². The Morgan fingerprint density at radius 3 is 2.42 bits per heavy atom. The van der Waals surface area contributed by atoms with Crippen molar-refractivity contribution in [3.8, 4) is 0 Å². The van der Waals surface area contributed by atoms with E-state index in [9.17, 15) is 5.11 Å². The molecule has 2 fully saturated rings. The van der Waals surface area contributed by atoms with Crippen molar-refractivity contribution in [3.05, 3.63) is 71.8 Å². The highest BCUT2D eigenvalue weighted by Gasteiger charge is 2.46. The molecule has 1 aliphatic carbocycles. The van der Waals surface area contributed by atoms with Gasteiger partial charge in [0, 0.05) is 13.1 Å². The van der Waals surface area contributed by atoms with Gasteiger partial charge in [-0.1, -0.05) is 60.7 Å². The number of aliphatic hydroxyl groups is 1. The summed E-state index contributed by atoms with van der Waals surface area (Å²) in [4.78, 5) is 2.62. The van der Waals surface area contributed by atoms with Gasteiger partial charge in [-0.3, -0.25) is 0 Å². The third kappa shape index (κ3) is 3.26. The summed E-state index contributed by atoms with van der Waals surface area (Å²) < 4.78 is 0. The van der Waals surface area contributed by atoms with Crippen molar-refractivity contribution in [3.63, 3.8) is 0 Å². The highest BCUT2D eigenvalue weighted by molar-refractivity contribution is 5.25. The Labute approximate surface area is 145 Å². The molecule has 1 unspecified atom stereocenters. The van der Waals surface area contributed by atoms with E-state index in [2.05, 4.69) is 35.2 Å². The molecule has 1 heterocycles. The standard InChI is InChI=1S/C22H27NO/c24-22(18-10-5-2-6-11-18)12-7-13-23-15-19-14-20(21(19)16-23)17-8-3-1-4-9-17/h1-6,8-11,19-22,24H,7,12-16H2/t19-,20-,21+,22?/m0/s1. The zero-order chi connectivity index (χ0) is 16.4. The van der Waals surface area contributed by atoms with Gasteiger partial charge in [-0.25, -0.2) is 0 Å². The average Bonchev–Trinajstić information content (AvgIpc) is 2.93. The van der Waals surface area contributed by atoms with E-state index >= 15 is 0 Å². The van der Waals surface area contributed by atoms with Crippen LogP contribution in [0.15, 0.2) is 60.7 Å². The molecular formula is C22H27NO.